The van der Waals surface area contributed by atoms with Gasteiger partial charge in [0.15, 0.2) is 5.69 Å². The first kappa shape index (κ1) is 31.3. The number of hydrogen-bond acceptors (Lipinski definition) is 5. The minimum absolute atomic E-state index is 0.0354. The van der Waals surface area contributed by atoms with Gasteiger partial charge in [0.05, 0.1) is 17.2 Å². The fourth-order valence-electron chi connectivity index (χ4n) is 4.82. The Morgan fingerprint density at radius 3 is 2.21 bits per heavy atom. The Morgan fingerprint density at radius 2 is 1.60 bits per heavy atom. The number of aromatic nitrogens is 2. The lowest BCUT2D eigenvalue weighted by Gasteiger charge is -2.25. The van der Waals surface area contributed by atoms with Crippen LogP contribution in [0.1, 0.15) is 49.2 Å². The van der Waals surface area contributed by atoms with E-state index in [1.807, 2.05) is 49.1 Å². The zero-order valence-corrected chi connectivity index (χ0v) is 24.5. The maximum absolute atomic E-state index is 14.5. The van der Waals surface area contributed by atoms with Gasteiger partial charge in [0.2, 0.25) is 10.0 Å². The summed E-state index contributed by atoms with van der Waals surface area (Å²) in [6.45, 7) is 5.26. The molecule has 1 aromatic heterocycles. The van der Waals surface area contributed by atoms with Crippen LogP contribution in [-0.4, -0.2) is 29.5 Å². The summed E-state index contributed by atoms with van der Waals surface area (Å²) < 4.78 is 74.3. The number of hydrogen-bond donors (Lipinski definition) is 1. The first-order chi connectivity index (χ1) is 20.0. The van der Waals surface area contributed by atoms with Gasteiger partial charge in [-0.15, -0.1) is 0 Å². The Bertz CT molecular complexity index is 1570. The Labute approximate surface area is 244 Å². The van der Waals surface area contributed by atoms with Crippen LogP contribution in [0.4, 0.5) is 13.2 Å². The average molecular weight is 601 g/mol. The van der Waals surface area contributed by atoms with Crippen molar-refractivity contribution in [1.29, 1.82) is 0 Å². The van der Waals surface area contributed by atoms with E-state index >= 15 is 0 Å². The molecular weight excluding hydrogens is 565 g/mol. The predicted molar refractivity (Wildman–Crippen MR) is 156 cm³/mol. The zero-order chi connectivity index (χ0) is 30.3. The molecule has 7 nitrogen and oxygen atoms in total. The van der Waals surface area contributed by atoms with Crippen molar-refractivity contribution in [3.05, 3.63) is 101 Å². The number of nitrogens with two attached hydrogens (primary N) is 1. The third-order valence-corrected chi connectivity index (χ3v) is 7.68. The van der Waals surface area contributed by atoms with Gasteiger partial charge in [-0.2, -0.15) is 13.2 Å². The molecule has 2 N–H and O–H groups in total. The van der Waals surface area contributed by atoms with Crippen molar-refractivity contribution < 1.29 is 26.3 Å². The topological polar surface area (TPSA) is 90.5 Å². The molecule has 0 saturated heterocycles. The summed E-state index contributed by atoms with van der Waals surface area (Å²) in [5.74, 6) is 0.949. The van der Waals surface area contributed by atoms with E-state index in [1.165, 1.54) is 12.1 Å². The van der Waals surface area contributed by atoms with Crippen LogP contribution in [0.3, 0.4) is 0 Å². The Balaban J connectivity index is 1.79. The van der Waals surface area contributed by atoms with Crippen molar-refractivity contribution in [1.82, 2.24) is 14.5 Å². The van der Waals surface area contributed by atoms with E-state index in [-0.39, 0.29) is 29.5 Å². The Morgan fingerprint density at radius 1 is 0.905 bits per heavy atom. The fourth-order valence-corrected chi connectivity index (χ4v) is 5.33. The number of alkyl halides is 3. The summed E-state index contributed by atoms with van der Waals surface area (Å²) in [7, 11) is -3.88. The second-order valence-electron chi connectivity index (χ2n) is 10.0. The molecule has 0 spiro atoms. The first-order valence-electron chi connectivity index (χ1n) is 13.8. The third kappa shape index (κ3) is 7.99. The molecule has 0 bridgehead atoms. The summed E-state index contributed by atoms with van der Waals surface area (Å²) in [6, 6.07) is 22.4. The van der Waals surface area contributed by atoms with Crippen molar-refractivity contribution in [2.45, 2.75) is 63.9 Å². The molecule has 4 aromatic rings. The van der Waals surface area contributed by atoms with E-state index in [1.54, 1.807) is 41.0 Å². The van der Waals surface area contributed by atoms with Crippen LogP contribution in [0.5, 0.6) is 5.75 Å². The fraction of sp³-hybridized carbons (Fsp3) is 0.323. The Hall–Kier alpha value is -3.67. The largest absolute Gasteiger partial charge is 0.494 e. The molecule has 0 fully saturated rings. The number of nitrogens with zero attached hydrogens (tertiary/aromatic N) is 3. The van der Waals surface area contributed by atoms with Gasteiger partial charge in [-0.25, -0.2) is 18.5 Å². The number of benzene rings is 3. The lowest BCUT2D eigenvalue weighted by molar-refractivity contribution is -0.141. The summed E-state index contributed by atoms with van der Waals surface area (Å²) in [5.41, 5.74) is 1.37. The standard InChI is InChI=1S/C31H35F3N4O3S/c1-3-5-18-38-28(29(31(32,33)34)36-30(38)25-11-7-6-8-12-25)22-37(21-24-10-9-13-26(19-24)41-4-2)20-23-14-16-27(17-15-23)42(35,39)40/h6-17,19H,3-5,18,20-22H2,1-2H3,(H2,35,39,40). The number of ether oxygens (including phenoxy) is 1. The average Bonchev–Trinajstić information content (AvgIpc) is 3.31. The molecule has 11 heteroatoms. The van der Waals surface area contributed by atoms with Crippen molar-refractivity contribution in [2.24, 2.45) is 5.14 Å². The third-order valence-electron chi connectivity index (χ3n) is 6.76. The summed E-state index contributed by atoms with van der Waals surface area (Å²) >= 11 is 0. The van der Waals surface area contributed by atoms with E-state index in [0.29, 0.717) is 37.4 Å². The highest BCUT2D eigenvalue weighted by molar-refractivity contribution is 7.89. The smallest absolute Gasteiger partial charge is 0.435 e. The maximum Gasteiger partial charge on any atom is 0.435 e. The minimum Gasteiger partial charge on any atom is -0.494 e. The molecule has 0 aliphatic rings. The van der Waals surface area contributed by atoms with Gasteiger partial charge in [0, 0.05) is 31.7 Å². The van der Waals surface area contributed by atoms with Gasteiger partial charge in [0.1, 0.15) is 11.6 Å². The van der Waals surface area contributed by atoms with E-state index in [9.17, 15) is 21.6 Å². The van der Waals surface area contributed by atoms with Gasteiger partial charge in [-0.05, 0) is 48.7 Å². The molecule has 224 valence electrons. The lowest BCUT2D eigenvalue weighted by Crippen LogP contribution is -2.26. The number of rotatable bonds is 13. The molecular formula is C31H35F3N4O3S. The predicted octanol–water partition coefficient (Wildman–Crippen LogP) is 6.62. The molecule has 0 atom stereocenters. The second-order valence-corrected chi connectivity index (χ2v) is 11.6. The highest BCUT2D eigenvalue weighted by Crippen LogP contribution is 2.36. The SMILES string of the molecule is CCCCn1c(-c2ccccc2)nc(C(F)(F)F)c1CN(Cc1ccc(S(N)(=O)=O)cc1)Cc1cccc(OCC)c1. The van der Waals surface area contributed by atoms with E-state index in [4.69, 9.17) is 9.88 Å². The number of unbranched alkanes of at least 4 members (excludes halogenated alkanes) is 1. The molecule has 3 aromatic carbocycles. The van der Waals surface area contributed by atoms with E-state index in [2.05, 4.69) is 4.98 Å². The van der Waals surface area contributed by atoms with Gasteiger partial charge in [-0.1, -0.05) is 67.9 Å². The van der Waals surface area contributed by atoms with Gasteiger partial charge >= 0.3 is 6.18 Å². The maximum atomic E-state index is 14.5. The molecule has 1 heterocycles. The summed E-state index contributed by atoms with van der Waals surface area (Å²) in [6.07, 6.45) is -3.17. The monoisotopic (exact) mass is 600 g/mol. The minimum atomic E-state index is -4.66. The molecule has 0 saturated carbocycles. The van der Waals surface area contributed by atoms with Crippen LogP contribution < -0.4 is 9.88 Å². The summed E-state index contributed by atoms with van der Waals surface area (Å²) in [5, 5.41) is 5.25. The van der Waals surface area contributed by atoms with Gasteiger partial charge < -0.3 is 9.30 Å². The van der Waals surface area contributed by atoms with Crippen molar-refractivity contribution in [3.63, 3.8) is 0 Å². The number of imidazole rings is 1. The van der Waals surface area contributed by atoms with Gasteiger partial charge in [-0.3, -0.25) is 4.90 Å². The molecule has 0 aliphatic carbocycles. The molecule has 0 aliphatic heterocycles. The summed E-state index contributed by atoms with van der Waals surface area (Å²) in [4.78, 5) is 6.01. The molecule has 0 radical (unpaired) electrons. The molecule has 0 unspecified atom stereocenters. The molecule has 4 rings (SSSR count). The van der Waals surface area contributed by atoms with E-state index in [0.717, 1.165) is 17.5 Å². The van der Waals surface area contributed by atoms with Crippen molar-refractivity contribution in [3.8, 4) is 17.1 Å². The van der Waals surface area contributed by atoms with Crippen LogP contribution >= 0.6 is 0 Å². The zero-order valence-electron chi connectivity index (χ0n) is 23.6. The van der Waals surface area contributed by atoms with Gasteiger partial charge in [0.25, 0.3) is 0 Å². The normalized spacial score (nSPS) is 12.2. The van der Waals surface area contributed by atoms with Crippen LogP contribution in [0.15, 0.2) is 83.8 Å². The Kier molecular flexibility index (Phi) is 10.1. The molecule has 42 heavy (non-hydrogen) atoms. The highest BCUT2D eigenvalue weighted by Gasteiger charge is 2.39. The molecule has 0 amide bonds. The van der Waals surface area contributed by atoms with Crippen molar-refractivity contribution >= 4 is 10.0 Å². The van der Waals surface area contributed by atoms with Crippen LogP contribution in [0.2, 0.25) is 0 Å². The van der Waals surface area contributed by atoms with Crippen LogP contribution in [-0.2, 0) is 42.4 Å². The number of sulfonamides is 1. The quantitative estimate of drug-likeness (QED) is 0.186. The number of primary sulfonamides is 1. The van der Waals surface area contributed by atoms with Crippen LogP contribution in [0, 0.1) is 0 Å². The number of halogens is 3. The van der Waals surface area contributed by atoms with Crippen molar-refractivity contribution in [2.75, 3.05) is 6.61 Å². The second kappa shape index (κ2) is 13.5. The van der Waals surface area contributed by atoms with Crippen LogP contribution in [0.25, 0.3) is 11.4 Å². The van der Waals surface area contributed by atoms with E-state index < -0.39 is 21.9 Å². The highest BCUT2D eigenvalue weighted by atomic mass is 32.2. The first-order valence-corrected chi connectivity index (χ1v) is 15.3. The lowest BCUT2D eigenvalue weighted by atomic mass is 10.1.